The molecule has 0 bridgehead atoms. The normalized spacial score (nSPS) is 23.9. The molecule has 2 aliphatic rings. The van der Waals surface area contributed by atoms with Crippen LogP contribution in [-0.2, 0) is 9.53 Å². The molecule has 1 aromatic heterocycles. The highest BCUT2D eigenvalue weighted by Gasteiger charge is 2.35. The molecule has 1 saturated heterocycles. The molecule has 1 aliphatic heterocycles. The van der Waals surface area contributed by atoms with Gasteiger partial charge in [0.05, 0.1) is 13.2 Å². The van der Waals surface area contributed by atoms with E-state index in [0.717, 1.165) is 42.6 Å². The SMILES string of the molecule is CC1(CNC(=O)c2csc(=O)[nH]2)CN(C(=O)C2=CCCCCC2)CCO1. The topological polar surface area (TPSA) is 91.5 Å². The fourth-order valence-corrected chi connectivity index (χ4v) is 3.94. The van der Waals surface area contributed by atoms with Crippen molar-refractivity contribution in [2.75, 3.05) is 26.2 Å². The maximum absolute atomic E-state index is 12.8. The van der Waals surface area contributed by atoms with Gasteiger partial charge in [-0.15, -0.1) is 0 Å². The van der Waals surface area contributed by atoms with Crippen molar-refractivity contribution in [2.24, 2.45) is 0 Å². The maximum Gasteiger partial charge on any atom is 0.305 e. The van der Waals surface area contributed by atoms with Crippen LogP contribution >= 0.6 is 11.3 Å². The molecule has 1 atom stereocenters. The zero-order chi connectivity index (χ0) is 18.6. The van der Waals surface area contributed by atoms with E-state index < -0.39 is 5.60 Å². The summed E-state index contributed by atoms with van der Waals surface area (Å²) in [6.45, 7) is 3.61. The van der Waals surface area contributed by atoms with Gasteiger partial charge in [0.1, 0.15) is 11.3 Å². The van der Waals surface area contributed by atoms with E-state index in [1.165, 1.54) is 11.8 Å². The lowest BCUT2D eigenvalue weighted by Gasteiger charge is -2.40. The Morgan fingerprint density at radius 3 is 3.00 bits per heavy atom. The number of thiazole rings is 1. The summed E-state index contributed by atoms with van der Waals surface area (Å²) in [5.74, 6) is -0.252. The van der Waals surface area contributed by atoms with Crippen molar-refractivity contribution in [1.82, 2.24) is 15.2 Å². The van der Waals surface area contributed by atoms with Crippen LogP contribution in [0.5, 0.6) is 0 Å². The fourth-order valence-electron chi connectivity index (χ4n) is 3.38. The summed E-state index contributed by atoms with van der Waals surface area (Å²) in [4.78, 5) is 40.2. The van der Waals surface area contributed by atoms with Crippen LogP contribution in [0.15, 0.2) is 21.8 Å². The average Bonchev–Trinajstić information content (AvgIpc) is 2.90. The van der Waals surface area contributed by atoms with Crippen LogP contribution in [0.3, 0.4) is 0 Å². The molecule has 2 heterocycles. The molecule has 0 saturated carbocycles. The first-order valence-corrected chi connectivity index (χ1v) is 9.93. The molecule has 0 aromatic carbocycles. The number of rotatable bonds is 4. The largest absolute Gasteiger partial charge is 0.370 e. The molecule has 26 heavy (non-hydrogen) atoms. The molecule has 8 heteroatoms. The lowest BCUT2D eigenvalue weighted by Crippen LogP contribution is -2.57. The van der Waals surface area contributed by atoms with E-state index >= 15 is 0 Å². The third-order valence-electron chi connectivity index (χ3n) is 4.83. The van der Waals surface area contributed by atoms with E-state index in [0.29, 0.717) is 19.7 Å². The molecular formula is C18H25N3O4S. The molecule has 1 aliphatic carbocycles. The van der Waals surface area contributed by atoms with Crippen LogP contribution < -0.4 is 10.2 Å². The van der Waals surface area contributed by atoms with Gasteiger partial charge >= 0.3 is 4.87 Å². The number of hydrogen-bond donors (Lipinski definition) is 2. The van der Waals surface area contributed by atoms with Gasteiger partial charge in [0.15, 0.2) is 0 Å². The number of nitrogens with zero attached hydrogens (tertiary/aromatic N) is 1. The Balaban J connectivity index is 1.59. The summed E-state index contributed by atoms with van der Waals surface area (Å²) in [5.41, 5.74) is 0.508. The second-order valence-electron chi connectivity index (χ2n) is 7.10. The zero-order valence-corrected chi connectivity index (χ0v) is 15.8. The number of aromatic amines is 1. The van der Waals surface area contributed by atoms with Crippen LogP contribution in [0.1, 0.15) is 49.5 Å². The van der Waals surface area contributed by atoms with Crippen molar-refractivity contribution < 1.29 is 14.3 Å². The Bertz CT molecular complexity index is 754. The highest BCUT2D eigenvalue weighted by atomic mass is 32.1. The fraction of sp³-hybridized carbons (Fsp3) is 0.611. The summed E-state index contributed by atoms with van der Waals surface area (Å²) in [6.07, 6.45) is 7.27. The Morgan fingerprint density at radius 2 is 2.23 bits per heavy atom. The third-order valence-corrected chi connectivity index (χ3v) is 5.50. The molecule has 3 rings (SSSR count). The number of carbonyl (C=O) groups excluding carboxylic acids is 2. The van der Waals surface area contributed by atoms with Gasteiger partial charge in [-0.3, -0.25) is 14.4 Å². The van der Waals surface area contributed by atoms with Crippen molar-refractivity contribution >= 4 is 23.2 Å². The van der Waals surface area contributed by atoms with Crippen LogP contribution in [0.25, 0.3) is 0 Å². The number of H-pyrrole nitrogens is 1. The molecule has 2 amide bonds. The molecule has 2 N–H and O–H groups in total. The van der Waals surface area contributed by atoms with E-state index in [1.54, 1.807) is 0 Å². The van der Waals surface area contributed by atoms with Gasteiger partial charge in [0.25, 0.3) is 5.91 Å². The van der Waals surface area contributed by atoms with Crippen molar-refractivity contribution in [3.63, 3.8) is 0 Å². The number of amides is 2. The Hall–Kier alpha value is -1.93. The molecule has 142 valence electrons. The molecule has 1 aromatic rings. The first kappa shape index (κ1) is 18.8. The van der Waals surface area contributed by atoms with E-state index in [4.69, 9.17) is 4.74 Å². The quantitative estimate of drug-likeness (QED) is 0.833. The van der Waals surface area contributed by atoms with Gasteiger partial charge < -0.3 is 19.9 Å². The van der Waals surface area contributed by atoms with Crippen LogP contribution in [0, 0.1) is 0 Å². The minimum absolute atomic E-state index is 0.0925. The first-order valence-electron chi connectivity index (χ1n) is 9.05. The summed E-state index contributed by atoms with van der Waals surface area (Å²) >= 11 is 0.953. The monoisotopic (exact) mass is 379 g/mol. The van der Waals surface area contributed by atoms with Gasteiger partial charge in [0.2, 0.25) is 5.91 Å². The number of carbonyl (C=O) groups is 2. The van der Waals surface area contributed by atoms with E-state index in [-0.39, 0.29) is 28.9 Å². The van der Waals surface area contributed by atoms with Crippen LogP contribution in [-0.4, -0.2) is 53.5 Å². The summed E-state index contributed by atoms with van der Waals surface area (Å²) in [5, 5.41) is 4.29. The second kappa shape index (κ2) is 8.18. The van der Waals surface area contributed by atoms with Crippen molar-refractivity contribution in [3.8, 4) is 0 Å². The van der Waals surface area contributed by atoms with E-state index in [9.17, 15) is 14.4 Å². The van der Waals surface area contributed by atoms with Gasteiger partial charge in [-0.05, 0) is 32.6 Å². The van der Waals surface area contributed by atoms with Gasteiger partial charge in [-0.1, -0.05) is 23.8 Å². The van der Waals surface area contributed by atoms with Crippen LogP contribution in [0.2, 0.25) is 0 Å². The minimum atomic E-state index is -0.648. The number of morpholine rings is 1. The highest BCUT2D eigenvalue weighted by molar-refractivity contribution is 7.07. The predicted molar refractivity (Wildman–Crippen MR) is 99.4 cm³/mol. The Morgan fingerprint density at radius 1 is 1.38 bits per heavy atom. The molecule has 7 nitrogen and oxygen atoms in total. The Kier molecular flexibility index (Phi) is 5.93. The third kappa shape index (κ3) is 4.62. The standard InChI is InChI=1S/C18H25N3O4S/c1-18(11-19-15(22)14-10-26-17(24)20-14)12-21(8-9-25-18)16(23)13-6-4-2-3-5-7-13/h6,10H,2-5,7-9,11-12H2,1H3,(H,19,22)(H,20,24). The first-order chi connectivity index (χ1) is 12.5. The number of aromatic nitrogens is 1. The number of hydrogen-bond acceptors (Lipinski definition) is 5. The maximum atomic E-state index is 12.8. The summed E-state index contributed by atoms with van der Waals surface area (Å²) in [6, 6.07) is 0. The van der Waals surface area contributed by atoms with Crippen molar-refractivity contribution in [3.05, 3.63) is 32.4 Å². The van der Waals surface area contributed by atoms with Gasteiger partial charge in [0, 0.05) is 24.0 Å². The lowest BCUT2D eigenvalue weighted by atomic mass is 10.0. The molecule has 0 spiro atoms. The second-order valence-corrected chi connectivity index (χ2v) is 7.94. The highest BCUT2D eigenvalue weighted by Crippen LogP contribution is 2.23. The number of nitrogens with one attached hydrogen (secondary N) is 2. The number of ether oxygens (including phenoxy) is 1. The lowest BCUT2D eigenvalue weighted by molar-refractivity contribution is -0.143. The average molecular weight is 379 g/mol. The summed E-state index contributed by atoms with van der Waals surface area (Å²) in [7, 11) is 0. The summed E-state index contributed by atoms with van der Waals surface area (Å²) < 4.78 is 5.85. The molecule has 1 fully saturated rings. The molecule has 1 unspecified atom stereocenters. The van der Waals surface area contributed by atoms with Gasteiger partial charge in [-0.2, -0.15) is 0 Å². The van der Waals surface area contributed by atoms with Gasteiger partial charge in [-0.25, -0.2) is 0 Å². The van der Waals surface area contributed by atoms with Crippen molar-refractivity contribution in [2.45, 2.75) is 44.6 Å². The van der Waals surface area contributed by atoms with Crippen molar-refractivity contribution in [1.29, 1.82) is 0 Å². The minimum Gasteiger partial charge on any atom is -0.370 e. The smallest absolute Gasteiger partial charge is 0.305 e. The van der Waals surface area contributed by atoms with Crippen LogP contribution in [0.4, 0.5) is 0 Å². The molecular weight excluding hydrogens is 354 g/mol. The van der Waals surface area contributed by atoms with E-state index in [2.05, 4.69) is 16.4 Å². The number of allylic oxidation sites excluding steroid dienone is 1. The van der Waals surface area contributed by atoms with E-state index in [1.807, 2.05) is 11.8 Å². The molecule has 0 radical (unpaired) electrons. The predicted octanol–water partition coefficient (Wildman–Crippen LogP) is 1.67. The Labute approximate surface area is 156 Å². The zero-order valence-electron chi connectivity index (χ0n) is 15.0.